The fourth-order valence-electron chi connectivity index (χ4n) is 4.52. The van der Waals surface area contributed by atoms with E-state index in [2.05, 4.69) is 29.4 Å². The van der Waals surface area contributed by atoms with Crippen LogP contribution in [0.3, 0.4) is 0 Å². The van der Waals surface area contributed by atoms with E-state index in [0.29, 0.717) is 30.4 Å². The minimum atomic E-state index is 0.0518. The highest BCUT2D eigenvalue weighted by atomic mass is 16.2. The molecule has 4 rings (SSSR count). The molecule has 0 aromatic carbocycles. The first-order chi connectivity index (χ1) is 16.9. The van der Waals surface area contributed by atoms with E-state index in [0.717, 1.165) is 42.5 Å². The Morgan fingerprint density at radius 1 is 1.23 bits per heavy atom. The summed E-state index contributed by atoms with van der Waals surface area (Å²) in [5.74, 6) is 0. The summed E-state index contributed by atoms with van der Waals surface area (Å²) in [4.78, 5) is 20.6. The van der Waals surface area contributed by atoms with E-state index in [1.807, 2.05) is 40.4 Å². The Bertz CT molecular complexity index is 1200. The Kier molecular flexibility index (Phi) is 7.48. The lowest BCUT2D eigenvalue weighted by Crippen LogP contribution is -2.47. The summed E-state index contributed by atoms with van der Waals surface area (Å²) in [6.07, 6.45) is 14.4. The van der Waals surface area contributed by atoms with Crippen LogP contribution < -0.4 is 5.32 Å². The molecule has 1 aliphatic heterocycles. The zero-order valence-corrected chi connectivity index (χ0v) is 21.0. The molecule has 1 fully saturated rings. The van der Waals surface area contributed by atoms with Crippen molar-refractivity contribution < 1.29 is 4.79 Å². The van der Waals surface area contributed by atoms with E-state index < -0.39 is 0 Å². The summed E-state index contributed by atoms with van der Waals surface area (Å²) >= 11 is 0. The van der Waals surface area contributed by atoms with Crippen LogP contribution in [-0.4, -0.2) is 79.7 Å². The number of fused-ring (bicyclic) bond motifs is 1. The number of likely N-dealkylation sites (tertiary alicyclic amines) is 1. The van der Waals surface area contributed by atoms with Gasteiger partial charge < -0.3 is 20.5 Å². The van der Waals surface area contributed by atoms with Crippen molar-refractivity contribution in [3.05, 3.63) is 42.7 Å². The van der Waals surface area contributed by atoms with Crippen molar-refractivity contribution in [1.82, 2.24) is 39.5 Å². The zero-order chi connectivity index (χ0) is 24.9. The molecule has 0 aliphatic carbocycles. The molecule has 186 valence electrons. The summed E-state index contributed by atoms with van der Waals surface area (Å²) in [5.41, 5.74) is 3.95. The Morgan fingerprint density at radius 2 is 1.97 bits per heavy atom. The van der Waals surface area contributed by atoms with Gasteiger partial charge in [-0.2, -0.15) is 10.2 Å². The lowest BCUT2D eigenvalue weighted by atomic mass is 10.1. The third-order valence-electron chi connectivity index (χ3n) is 6.66. The van der Waals surface area contributed by atoms with Gasteiger partial charge in [-0.05, 0) is 31.7 Å². The molecular weight excluding hydrogens is 442 g/mol. The number of nitrogens with one attached hydrogen (secondary N) is 2. The summed E-state index contributed by atoms with van der Waals surface area (Å²) in [6, 6.07) is 2.59. The third kappa shape index (κ3) is 5.21. The number of carbonyl (C=O) groups excluding carboxylic acids is 1. The van der Waals surface area contributed by atoms with Gasteiger partial charge in [-0.25, -0.2) is 14.3 Å². The molecule has 0 atom stereocenters. The molecule has 2 N–H and O–H groups in total. The molecule has 35 heavy (non-hydrogen) atoms. The van der Waals surface area contributed by atoms with Crippen LogP contribution in [0.1, 0.15) is 51.3 Å². The van der Waals surface area contributed by atoms with Gasteiger partial charge in [0.15, 0.2) is 0 Å². The maximum atomic E-state index is 12.2. The summed E-state index contributed by atoms with van der Waals surface area (Å²) in [7, 11) is 3.56. The summed E-state index contributed by atoms with van der Waals surface area (Å²) in [5, 5.41) is 20.5. The van der Waals surface area contributed by atoms with Gasteiger partial charge in [0.05, 0.1) is 41.5 Å². The largest absolute Gasteiger partial charge is 0.387 e. The molecular formula is C25H35N9O. The number of aromatic nitrogens is 5. The standard InChI is InChI=1S/C25H35N9O/c1-5-21(6-2)33-16-19(15-29-33)24-23-7-10-28-34(23)17-22(30-24)18(13-26)14-27-20-8-11-32(12-9-20)25(35)31(3)4/h7,10,13-17,20-21,26-27H,5-6,8-9,11-12H2,1-4H3/b18-14+,26-13?. The number of carbonyl (C=O) groups is 1. The van der Waals surface area contributed by atoms with Crippen molar-refractivity contribution in [2.75, 3.05) is 27.2 Å². The molecule has 3 aromatic rings. The van der Waals surface area contributed by atoms with Crippen molar-refractivity contribution in [1.29, 1.82) is 5.41 Å². The smallest absolute Gasteiger partial charge is 0.319 e. The molecule has 0 unspecified atom stereocenters. The molecule has 4 heterocycles. The number of allylic oxidation sites excluding steroid dienone is 1. The summed E-state index contributed by atoms with van der Waals surface area (Å²) < 4.78 is 3.81. The van der Waals surface area contributed by atoms with Crippen LogP contribution in [0.5, 0.6) is 0 Å². The molecule has 1 aliphatic rings. The molecule has 0 saturated carbocycles. The Hall–Kier alpha value is -3.69. The molecule has 1 saturated heterocycles. The first-order valence-corrected chi connectivity index (χ1v) is 12.3. The van der Waals surface area contributed by atoms with E-state index in [4.69, 9.17) is 10.4 Å². The number of hydrogen-bond acceptors (Lipinski definition) is 6. The van der Waals surface area contributed by atoms with Gasteiger partial charge in [0.25, 0.3) is 0 Å². The third-order valence-corrected chi connectivity index (χ3v) is 6.66. The van der Waals surface area contributed by atoms with E-state index in [1.165, 1.54) is 6.21 Å². The van der Waals surface area contributed by atoms with Gasteiger partial charge in [0, 0.05) is 63.0 Å². The number of nitrogens with zero attached hydrogens (tertiary/aromatic N) is 7. The maximum absolute atomic E-state index is 12.2. The molecule has 0 bridgehead atoms. The van der Waals surface area contributed by atoms with Crippen molar-refractivity contribution in [3.8, 4) is 11.3 Å². The molecule has 10 nitrogen and oxygen atoms in total. The minimum absolute atomic E-state index is 0.0518. The van der Waals surface area contributed by atoms with Gasteiger partial charge in [-0.1, -0.05) is 13.8 Å². The predicted molar refractivity (Wildman–Crippen MR) is 137 cm³/mol. The van der Waals surface area contributed by atoms with Gasteiger partial charge in [-0.15, -0.1) is 0 Å². The van der Waals surface area contributed by atoms with E-state index >= 15 is 0 Å². The lowest BCUT2D eigenvalue weighted by Gasteiger charge is -2.33. The highest BCUT2D eigenvalue weighted by Gasteiger charge is 2.23. The van der Waals surface area contributed by atoms with Crippen LogP contribution >= 0.6 is 0 Å². The number of amides is 2. The van der Waals surface area contributed by atoms with Crippen LogP contribution in [0.2, 0.25) is 0 Å². The van der Waals surface area contributed by atoms with Crippen LogP contribution in [0.25, 0.3) is 22.3 Å². The van der Waals surface area contributed by atoms with E-state index in [9.17, 15) is 4.79 Å². The monoisotopic (exact) mass is 477 g/mol. The van der Waals surface area contributed by atoms with Gasteiger partial charge in [0.2, 0.25) is 0 Å². The Morgan fingerprint density at radius 3 is 2.63 bits per heavy atom. The zero-order valence-electron chi connectivity index (χ0n) is 21.0. The second kappa shape index (κ2) is 10.7. The fourth-order valence-corrected chi connectivity index (χ4v) is 4.52. The Labute approximate surface area is 206 Å². The first-order valence-electron chi connectivity index (χ1n) is 12.3. The van der Waals surface area contributed by atoms with Crippen molar-refractivity contribution in [3.63, 3.8) is 0 Å². The lowest BCUT2D eigenvalue weighted by molar-refractivity contribution is 0.154. The second-order valence-electron chi connectivity index (χ2n) is 9.16. The maximum Gasteiger partial charge on any atom is 0.319 e. The summed E-state index contributed by atoms with van der Waals surface area (Å²) in [6.45, 7) is 5.76. The number of rotatable bonds is 8. The van der Waals surface area contributed by atoms with Gasteiger partial charge >= 0.3 is 6.03 Å². The van der Waals surface area contributed by atoms with Crippen LogP contribution in [0, 0.1) is 5.41 Å². The van der Waals surface area contributed by atoms with Gasteiger partial charge in [-0.3, -0.25) is 4.68 Å². The van der Waals surface area contributed by atoms with Gasteiger partial charge in [0.1, 0.15) is 0 Å². The molecule has 3 aromatic heterocycles. The number of urea groups is 1. The minimum Gasteiger partial charge on any atom is -0.387 e. The fraction of sp³-hybridized carbons (Fsp3) is 0.480. The van der Waals surface area contributed by atoms with Crippen LogP contribution in [0.4, 0.5) is 4.79 Å². The molecule has 2 amide bonds. The van der Waals surface area contributed by atoms with Crippen molar-refractivity contribution >= 4 is 23.3 Å². The Balaban J connectivity index is 1.56. The highest BCUT2D eigenvalue weighted by Crippen LogP contribution is 2.26. The molecule has 0 radical (unpaired) electrons. The second-order valence-corrected chi connectivity index (χ2v) is 9.16. The average molecular weight is 478 g/mol. The van der Waals surface area contributed by atoms with E-state index in [-0.39, 0.29) is 12.1 Å². The predicted octanol–water partition coefficient (Wildman–Crippen LogP) is 3.68. The number of hydrogen-bond donors (Lipinski definition) is 2. The quantitative estimate of drug-likeness (QED) is 0.481. The van der Waals surface area contributed by atoms with Crippen LogP contribution in [-0.2, 0) is 0 Å². The van der Waals surface area contributed by atoms with Crippen molar-refractivity contribution in [2.24, 2.45) is 0 Å². The van der Waals surface area contributed by atoms with E-state index in [1.54, 1.807) is 29.7 Å². The van der Waals surface area contributed by atoms with Crippen molar-refractivity contribution in [2.45, 2.75) is 51.6 Å². The topological polar surface area (TPSA) is 107 Å². The average Bonchev–Trinajstić information content (AvgIpc) is 3.55. The molecule has 0 spiro atoms. The first kappa shape index (κ1) is 24.4. The van der Waals surface area contributed by atoms with Crippen LogP contribution in [0.15, 0.2) is 37.1 Å². The number of piperidine rings is 1. The normalized spacial score (nSPS) is 15.1. The SMILES string of the molecule is CCC(CC)n1cc(-c2nc(/C(C=N)=C/NC3CCN(C(=O)N(C)C)CC3)cn3nccc23)cn1. The molecule has 10 heteroatoms. The highest BCUT2D eigenvalue weighted by molar-refractivity contribution is 6.07.